The first-order chi connectivity index (χ1) is 12.5. The van der Waals surface area contributed by atoms with Crippen molar-refractivity contribution in [2.45, 2.75) is 45.6 Å². The molecule has 0 atom stereocenters. The second-order valence-electron chi connectivity index (χ2n) is 7.13. The smallest absolute Gasteiger partial charge is 0.307 e. The van der Waals surface area contributed by atoms with Gasteiger partial charge in [-0.2, -0.15) is 0 Å². The van der Waals surface area contributed by atoms with Gasteiger partial charge < -0.3 is 10.0 Å². The van der Waals surface area contributed by atoms with Gasteiger partial charge in [-0.1, -0.05) is 54.8 Å². The van der Waals surface area contributed by atoms with Crippen LogP contribution in [0.5, 0.6) is 0 Å². The second-order valence-corrected chi connectivity index (χ2v) is 7.13. The van der Waals surface area contributed by atoms with Crippen LogP contribution in [0.1, 0.15) is 42.4 Å². The van der Waals surface area contributed by atoms with Gasteiger partial charge in [0.05, 0.1) is 13.0 Å². The molecule has 0 saturated heterocycles. The van der Waals surface area contributed by atoms with E-state index in [1.54, 1.807) is 12.1 Å². The third-order valence-electron chi connectivity index (χ3n) is 5.00. The Morgan fingerprint density at radius 2 is 1.73 bits per heavy atom. The molecule has 0 aromatic heterocycles. The van der Waals surface area contributed by atoms with Crippen LogP contribution >= 0.6 is 0 Å². The van der Waals surface area contributed by atoms with E-state index in [2.05, 4.69) is 6.07 Å². The van der Waals surface area contributed by atoms with Crippen LogP contribution in [0.3, 0.4) is 0 Å². The average molecular weight is 351 g/mol. The Kier molecular flexibility index (Phi) is 5.71. The molecule has 1 amide bonds. The van der Waals surface area contributed by atoms with E-state index in [0.717, 1.165) is 42.5 Å². The van der Waals surface area contributed by atoms with E-state index in [4.69, 9.17) is 5.11 Å². The molecule has 1 aliphatic carbocycles. The van der Waals surface area contributed by atoms with E-state index < -0.39 is 5.97 Å². The van der Waals surface area contributed by atoms with Crippen LogP contribution in [-0.4, -0.2) is 17.0 Å². The van der Waals surface area contributed by atoms with Crippen LogP contribution in [0, 0.1) is 12.8 Å². The minimum atomic E-state index is -0.851. The van der Waals surface area contributed by atoms with Crippen molar-refractivity contribution < 1.29 is 14.7 Å². The highest BCUT2D eigenvalue weighted by molar-refractivity contribution is 5.95. The number of aliphatic carboxylic acids is 1. The van der Waals surface area contributed by atoms with E-state index in [1.807, 2.05) is 42.2 Å². The normalized spacial score (nSPS) is 14.3. The van der Waals surface area contributed by atoms with Gasteiger partial charge in [-0.25, -0.2) is 0 Å². The number of hydrogen-bond acceptors (Lipinski definition) is 2. The molecule has 0 bridgehead atoms. The molecule has 26 heavy (non-hydrogen) atoms. The fourth-order valence-corrected chi connectivity index (χ4v) is 3.65. The van der Waals surface area contributed by atoms with Gasteiger partial charge in [0, 0.05) is 11.6 Å². The predicted molar refractivity (Wildman–Crippen MR) is 102 cm³/mol. The lowest BCUT2D eigenvalue weighted by Crippen LogP contribution is -2.35. The Morgan fingerprint density at radius 3 is 2.35 bits per heavy atom. The first-order valence-corrected chi connectivity index (χ1v) is 9.20. The SMILES string of the molecule is Cc1cccc(CN(C(=O)C2CCCC2)c2ccc(CC(=O)O)cc2)c1. The molecule has 1 fully saturated rings. The number of hydrogen-bond donors (Lipinski definition) is 1. The molecule has 4 heteroatoms. The number of carbonyl (C=O) groups is 2. The van der Waals surface area contributed by atoms with Crippen molar-refractivity contribution in [3.63, 3.8) is 0 Å². The maximum Gasteiger partial charge on any atom is 0.307 e. The van der Waals surface area contributed by atoms with Crippen LogP contribution in [0.2, 0.25) is 0 Å². The van der Waals surface area contributed by atoms with Crippen molar-refractivity contribution in [2.75, 3.05) is 4.90 Å². The third kappa shape index (κ3) is 4.51. The van der Waals surface area contributed by atoms with E-state index >= 15 is 0 Å². The number of aryl methyl sites for hydroxylation is 1. The second kappa shape index (κ2) is 8.17. The minimum absolute atomic E-state index is 0.00523. The quantitative estimate of drug-likeness (QED) is 0.842. The van der Waals surface area contributed by atoms with Crippen LogP contribution in [0.25, 0.3) is 0 Å². The molecule has 0 aliphatic heterocycles. The predicted octanol–water partition coefficient (Wildman–Crippen LogP) is 4.35. The van der Waals surface area contributed by atoms with E-state index in [9.17, 15) is 9.59 Å². The van der Waals surface area contributed by atoms with Gasteiger partial charge in [-0.05, 0) is 43.0 Å². The van der Waals surface area contributed by atoms with Gasteiger partial charge in [0.25, 0.3) is 0 Å². The summed E-state index contributed by atoms with van der Waals surface area (Å²) >= 11 is 0. The summed E-state index contributed by atoms with van der Waals surface area (Å²) < 4.78 is 0. The van der Waals surface area contributed by atoms with Crippen molar-refractivity contribution in [1.82, 2.24) is 0 Å². The summed E-state index contributed by atoms with van der Waals surface area (Å²) in [4.78, 5) is 25.9. The van der Waals surface area contributed by atoms with Crippen LogP contribution in [-0.2, 0) is 22.6 Å². The highest BCUT2D eigenvalue weighted by Gasteiger charge is 2.28. The van der Waals surface area contributed by atoms with Crippen molar-refractivity contribution in [3.05, 3.63) is 65.2 Å². The Bertz CT molecular complexity index is 776. The molecule has 1 saturated carbocycles. The minimum Gasteiger partial charge on any atom is -0.481 e. The van der Waals surface area contributed by atoms with Crippen LogP contribution < -0.4 is 4.90 Å². The molecule has 2 aromatic rings. The summed E-state index contributed by atoms with van der Waals surface area (Å²) in [5, 5.41) is 8.93. The zero-order valence-corrected chi connectivity index (χ0v) is 15.1. The first-order valence-electron chi connectivity index (χ1n) is 9.20. The van der Waals surface area contributed by atoms with Gasteiger partial charge >= 0.3 is 5.97 Å². The molecule has 0 spiro atoms. The average Bonchev–Trinajstić information content (AvgIpc) is 3.14. The molecule has 3 rings (SSSR count). The zero-order chi connectivity index (χ0) is 18.5. The highest BCUT2D eigenvalue weighted by Crippen LogP contribution is 2.30. The van der Waals surface area contributed by atoms with Crippen molar-refractivity contribution in [2.24, 2.45) is 5.92 Å². The van der Waals surface area contributed by atoms with Gasteiger partial charge in [0.1, 0.15) is 0 Å². The highest BCUT2D eigenvalue weighted by atomic mass is 16.4. The molecule has 0 radical (unpaired) electrons. The summed E-state index contributed by atoms with van der Waals surface area (Å²) in [7, 11) is 0. The number of rotatable bonds is 6. The summed E-state index contributed by atoms with van der Waals surface area (Å²) in [6, 6.07) is 15.5. The van der Waals surface area contributed by atoms with Gasteiger partial charge in [-0.15, -0.1) is 0 Å². The van der Waals surface area contributed by atoms with Gasteiger partial charge in [0.15, 0.2) is 0 Å². The lowest BCUT2D eigenvalue weighted by atomic mass is 10.0. The summed E-state index contributed by atoms with van der Waals surface area (Å²) in [5.74, 6) is -0.579. The fourth-order valence-electron chi connectivity index (χ4n) is 3.65. The molecule has 1 N–H and O–H groups in total. The molecule has 4 nitrogen and oxygen atoms in total. The number of nitrogens with zero attached hydrogens (tertiary/aromatic N) is 1. The maximum atomic E-state index is 13.1. The fraction of sp³-hybridized carbons (Fsp3) is 0.364. The van der Waals surface area contributed by atoms with Crippen LogP contribution in [0.4, 0.5) is 5.69 Å². The number of benzene rings is 2. The van der Waals surface area contributed by atoms with E-state index in [1.165, 1.54) is 5.56 Å². The molecular weight excluding hydrogens is 326 g/mol. The van der Waals surface area contributed by atoms with Crippen molar-refractivity contribution >= 4 is 17.6 Å². The Labute approximate surface area is 154 Å². The molecule has 2 aromatic carbocycles. The number of anilines is 1. The largest absolute Gasteiger partial charge is 0.481 e. The molecule has 136 valence electrons. The van der Waals surface area contributed by atoms with E-state index in [0.29, 0.717) is 6.54 Å². The monoisotopic (exact) mass is 351 g/mol. The lowest BCUT2D eigenvalue weighted by molar-refractivity contribution is -0.136. The summed E-state index contributed by atoms with van der Waals surface area (Å²) in [6.07, 6.45) is 4.15. The number of carbonyl (C=O) groups excluding carboxylic acids is 1. The van der Waals surface area contributed by atoms with E-state index in [-0.39, 0.29) is 18.2 Å². The number of carboxylic acids is 1. The van der Waals surface area contributed by atoms with Crippen molar-refractivity contribution in [3.8, 4) is 0 Å². The molecular formula is C22H25NO3. The first kappa shape index (κ1) is 18.2. The molecule has 0 heterocycles. The Hall–Kier alpha value is -2.62. The summed E-state index contributed by atoms with van der Waals surface area (Å²) in [5.41, 5.74) is 3.85. The number of carboxylic acid groups (broad SMARTS) is 1. The Morgan fingerprint density at radius 1 is 1.04 bits per heavy atom. The van der Waals surface area contributed by atoms with Gasteiger partial charge in [-0.3, -0.25) is 9.59 Å². The lowest BCUT2D eigenvalue weighted by Gasteiger charge is -2.26. The maximum absolute atomic E-state index is 13.1. The third-order valence-corrected chi connectivity index (χ3v) is 5.00. The molecule has 0 unspecified atom stereocenters. The Balaban J connectivity index is 1.86. The standard InChI is InChI=1S/C22H25NO3/c1-16-5-4-6-18(13-16)15-23(22(26)19-7-2-3-8-19)20-11-9-17(10-12-20)14-21(24)25/h4-6,9-13,19H,2-3,7-8,14-15H2,1H3,(H,24,25). The van der Waals surface area contributed by atoms with Crippen molar-refractivity contribution in [1.29, 1.82) is 0 Å². The van der Waals surface area contributed by atoms with Gasteiger partial charge in [0.2, 0.25) is 5.91 Å². The molecule has 1 aliphatic rings. The van der Waals surface area contributed by atoms with Crippen LogP contribution in [0.15, 0.2) is 48.5 Å². The summed E-state index contributed by atoms with van der Waals surface area (Å²) in [6.45, 7) is 2.59. The number of amides is 1. The zero-order valence-electron chi connectivity index (χ0n) is 15.1. The topological polar surface area (TPSA) is 57.6 Å².